The van der Waals surface area contributed by atoms with Crippen molar-refractivity contribution in [1.29, 1.82) is 0 Å². The number of ketones is 1. The van der Waals surface area contributed by atoms with Crippen LogP contribution in [0.1, 0.15) is 24.8 Å². The van der Waals surface area contributed by atoms with E-state index in [-0.39, 0.29) is 11.5 Å². The molecule has 1 N–H and O–H groups in total. The molecular weight excluding hydrogens is 176 g/mol. The standard InChI is InChI=1S/C12H12O2/c13-10-5-3-4-9(8-10)11-6-1-2-7-12(11)14/h3-6,8,13H,1-2,7H2. The molecule has 2 heteroatoms. The SMILES string of the molecule is O=C1CCCC=C1c1cccc(O)c1. The molecule has 0 saturated carbocycles. The van der Waals surface area contributed by atoms with Gasteiger partial charge in [-0.15, -0.1) is 0 Å². The summed E-state index contributed by atoms with van der Waals surface area (Å²) < 4.78 is 0. The van der Waals surface area contributed by atoms with Crippen molar-refractivity contribution in [3.8, 4) is 5.75 Å². The number of phenols is 1. The van der Waals surface area contributed by atoms with Gasteiger partial charge in [0.15, 0.2) is 5.78 Å². The number of benzene rings is 1. The quantitative estimate of drug-likeness (QED) is 0.735. The number of aromatic hydroxyl groups is 1. The van der Waals surface area contributed by atoms with Gasteiger partial charge >= 0.3 is 0 Å². The highest BCUT2D eigenvalue weighted by molar-refractivity contribution is 6.21. The first-order valence-corrected chi connectivity index (χ1v) is 4.80. The highest BCUT2D eigenvalue weighted by atomic mass is 16.3. The zero-order valence-electron chi connectivity index (χ0n) is 7.86. The fourth-order valence-corrected chi connectivity index (χ4v) is 1.71. The molecule has 0 aromatic heterocycles. The van der Waals surface area contributed by atoms with E-state index in [9.17, 15) is 9.90 Å². The second-order valence-corrected chi connectivity index (χ2v) is 3.48. The molecule has 0 radical (unpaired) electrons. The Balaban J connectivity index is 2.39. The van der Waals surface area contributed by atoms with E-state index in [4.69, 9.17) is 0 Å². The molecule has 0 saturated heterocycles. The van der Waals surface area contributed by atoms with Gasteiger partial charge < -0.3 is 5.11 Å². The average molecular weight is 188 g/mol. The lowest BCUT2D eigenvalue weighted by Crippen LogP contribution is -2.05. The van der Waals surface area contributed by atoms with Crippen LogP contribution in [0.3, 0.4) is 0 Å². The number of rotatable bonds is 1. The van der Waals surface area contributed by atoms with Crippen LogP contribution in [-0.2, 0) is 4.79 Å². The molecular formula is C12H12O2. The normalized spacial score (nSPS) is 16.6. The number of hydrogen-bond acceptors (Lipinski definition) is 2. The lowest BCUT2D eigenvalue weighted by molar-refractivity contribution is -0.114. The molecule has 2 nitrogen and oxygen atoms in total. The minimum atomic E-state index is 0.182. The number of phenolic OH excluding ortho intramolecular Hbond substituents is 1. The topological polar surface area (TPSA) is 37.3 Å². The van der Waals surface area contributed by atoms with Gasteiger partial charge in [-0.25, -0.2) is 0 Å². The zero-order valence-corrected chi connectivity index (χ0v) is 7.86. The van der Waals surface area contributed by atoms with Gasteiger partial charge in [-0.05, 0) is 30.5 Å². The Morgan fingerprint density at radius 1 is 1.29 bits per heavy atom. The van der Waals surface area contributed by atoms with Crippen LogP contribution in [0.15, 0.2) is 30.3 Å². The van der Waals surface area contributed by atoms with Crippen molar-refractivity contribution >= 4 is 11.4 Å². The third kappa shape index (κ3) is 1.69. The molecule has 0 fully saturated rings. The van der Waals surface area contributed by atoms with E-state index in [2.05, 4.69) is 0 Å². The first-order valence-electron chi connectivity index (χ1n) is 4.80. The summed E-state index contributed by atoms with van der Waals surface area (Å²) >= 11 is 0. The maximum absolute atomic E-state index is 11.6. The molecule has 1 aromatic carbocycles. The van der Waals surface area contributed by atoms with Crippen molar-refractivity contribution in [3.05, 3.63) is 35.9 Å². The van der Waals surface area contributed by atoms with E-state index >= 15 is 0 Å². The van der Waals surface area contributed by atoms with Gasteiger partial charge in [0.2, 0.25) is 0 Å². The molecule has 0 amide bonds. The summed E-state index contributed by atoms with van der Waals surface area (Å²) in [6, 6.07) is 6.86. The zero-order chi connectivity index (χ0) is 9.97. The molecule has 0 spiro atoms. The summed E-state index contributed by atoms with van der Waals surface area (Å²) in [7, 11) is 0. The van der Waals surface area contributed by atoms with Crippen LogP contribution in [0.2, 0.25) is 0 Å². The Labute approximate surface area is 82.9 Å². The second-order valence-electron chi connectivity index (χ2n) is 3.48. The average Bonchev–Trinajstić information content (AvgIpc) is 2.18. The first-order chi connectivity index (χ1) is 6.77. The van der Waals surface area contributed by atoms with E-state index in [0.29, 0.717) is 6.42 Å². The van der Waals surface area contributed by atoms with Gasteiger partial charge in [0, 0.05) is 12.0 Å². The lowest BCUT2D eigenvalue weighted by Gasteiger charge is -2.11. The molecule has 0 heterocycles. The third-order valence-corrected chi connectivity index (χ3v) is 2.41. The van der Waals surface area contributed by atoms with Crippen molar-refractivity contribution in [2.75, 3.05) is 0 Å². The Hall–Kier alpha value is -1.57. The van der Waals surface area contributed by atoms with Crippen molar-refractivity contribution in [3.63, 3.8) is 0 Å². The molecule has 2 rings (SSSR count). The summed E-state index contributed by atoms with van der Waals surface area (Å²) in [6.45, 7) is 0. The van der Waals surface area contributed by atoms with Crippen LogP contribution in [0, 0.1) is 0 Å². The van der Waals surface area contributed by atoms with E-state index in [1.165, 1.54) is 0 Å². The first kappa shape index (κ1) is 9.00. The van der Waals surface area contributed by atoms with Gasteiger partial charge in [0.1, 0.15) is 5.75 Å². The molecule has 1 aliphatic carbocycles. The van der Waals surface area contributed by atoms with Crippen LogP contribution in [0.5, 0.6) is 5.75 Å². The van der Waals surface area contributed by atoms with E-state index < -0.39 is 0 Å². The molecule has 14 heavy (non-hydrogen) atoms. The summed E-state index contributed by atoms with van der Waals surface area (Å²) in [5, 5.41) is 9.29. The molecule has 72 valence electrons. The van der Waals surface area contributed by atoms with Crippen molar-refractivity contribution in [1.82, 2.24) is 0 Å². The number of carbonyl (C=O) groups is 1. The maximum Gasteiger partial charge on any atom is 0.163 e. The van der Waals surface area contributed by atoms with Gasteiger partial charge in [-0.1, -0.05) is 18.2 Å². The Morgan fingerprint density at radius 3 is 2.86 bits per heavy atom. The summed E-state index contributed by atoms with van der Waals surface area (Å²) in [5.74, 6) is 0.392. The predicted molar refractivity (Wildman–Crippen MR) is 54.9 cm³/mol. The van der Waals surface area contributed by atoms with Gasteiger partial charge in [0.25, 0.3) is 0 Å². The summed E-state index contributed by atoms with van der Waals surface area (Å²) in [4.78, 5) is 11.6. The number of allylic oxidation sites excluding steroid dienone is 2. The molecule has 1 aliphatic rings. The highest BCUT2D eigenvalue weighted by Crippen LogP contribution is 2.25. The lowest BCUT2D eigenvalue weighted by atomic mass is 9.92. The smallest absolute Gasteiger partial charge is 0.163 e. The monoisotopic (exact) mass is 188 g/mol. The largest absolute Gasteiger partial charge is 0.508 e. The maximum atomic E-state index is 11.6. The fraction of sp³-hybridized carbons (Fsp3) is 0.250. The molecule has 0 bridgehead atoms. The van der Waals surface area contributed by atoms with Crippen LogP contribution >= 0.6 is 0 Å². The minimum Gasteiger partial charge on any atom is -0.508 e. The Bertz CT molecular complexity index is 391. The fourth-order valence-electron chi connectivity index (χ4n) is 1.71. The van der Waals surface area contributed by atoms with Crippen LogP contribution in [0.4, 0.5) is 0 Å². The summed E-state index contributed by atoms with van der Waals surface area (Å²) in [6.07, 6.45) is 4.49. The third-order valence-electron chi connectivity index (χ3n) is 2.41. The van der Waals surface area contributed by atoms with Crippen molar-refractivity contribution < 1.29 is 9.90 Å². The predicted octanol–water partition coefficient (Wildman–Crippen LogP) is 2.53. The molecule has 0 atom stereocenters. The summed E-state index contributed by atoms with van der Waals surface area (Å²) in [5.41, 5.74) is 1.59. The van der Waals surface area contributed by atoms with Gasteiger partial charge in [-0.2, -0.15) is 0 Å². The molecule has 0 aliphatic heterocycles. The van der Waals surface area contributed by atoms with Crippen molar-refractivity contribution in [2.24, 2.45) is 0 Å². The minimum absolute atomic E-state index is 0.182. The Kier molecular flexibility index (Phi) is 2.35. The number of carbonyl (C=O) groups excluding carboxylic acids is 1. The van der Waals surface area contributed by atoms with E-state index in [1.807, 2.05) is 12.1 Å². The number of hydrogen-bond donors (Lipinski definition) is 1. The van der Waals surface area contributed by atoms with Gasteiger partial charge in [0.05, 0.1) is 0 Å². The molecule has 1 aromatic rings. The van der Waals surface area contributed by atoms with E-state index in [1.54, 1.807) is 18.2 Å². The Morgan fingerprint density at radius 2 is 2.14 bits per heavy atom. The molecule has 0 unspecified atom stereocenters. The second kappa shape index (κ2) is 3.66. The highest BCUT2D eigenvalue weighted by Gasteiger charge is 2.15. The van der Waals surface area contributed by atoms with Crippen LogP contribution in [-0.4, -0.2) is 10.9 Å². The van der Waals surface area contributed by atoms with Crippen molar-refractivity contribution in [2.45, 2.75) is 19.3 Å². The van der Waals surface area contributed by atoms with Gasteiger partial charge in [-0.3, -0.25) is 4.79 Å². The van der Waals surface area contributed by atoms with E-state index in [0.717, 1.165) is 24.0 Å². The van der Waals surface area contributed by atoms with Crippen LogP contribution in [0.25, 0.3) is 5.57 Å². The van der Waals surface area contributed by atoms with Crippen LogP contribution < -0.4 is 0 Å². The number of Topliss-reactive ketones (excluding diaryl/α,β-unsaturated/α-hetero) is 1.